The molecule has 1 N–H and O–H groups in total. The summed E-state index contributed by atoms with van der Waals surface area (Å²) in [5, 5.41) is 0. The number of carbonyl (C=O) groups excluding carboxylic acids is 1. The van der Waals surface area contributed by atoms with Gasteiger partial charge in [0.2, 0.25) is 0 Å². The molecule has 0 atom stereocenters. The second-order valence-corrected chi connectivity index (χ2v) is 4.92. The maximum absolute atomic E-state index is 12.4. The van der Waals surface area contributed by atoms with Crippen molar-refractivity contribution in [3.8, 4) is 0 Å². The summed E-state index contributed by atoms with van der Waals surface area (Å²) < 4.78 is 0. The van der Waals surface area contributed by atoms with Crippen LogP contribution in [0.15, 0.2) is 35.1 Å². The van der Waals surface area contributed by atoms with Crippen molar-refractivity contribution in [3.63, 3.8) is 0 Å². The summed E-state index contributed by atoms with van der Waals surface area (Å²) in [6.07, 6.45) is 0.624. The van der Waals surface area contributed by atoms with Crippen molar-refractivity contribution >= 4 is 5.91 Å². The van der Waals surface area contributed by atoms with Crippen LogP contribution < -0.4 is 5.56 Å². The van der Waals surface area contributed by atoms with E-state index in [-0.39, 0.29) is 11.5 Å². The molecule has 2 heterocycles. The van der Waals surface area contributed by atoms with Gasteiger partial charge in [-0.25, -0.2) is 4.98 Å². The topological polar surface area (TPSA) is 66.1 Å². The van der Waals surface area contributed by atoms with E-state index in [1.165, 1.54) is 0 Å². The summed E-state index contributed by atoms with van der Waals surface area (Å²) >= 11 is 0. The Morgan fingerprint density at radius 3 is 2.80 bits per heavy atom. The van der Waals surface area contributed by atoms with Gasteiger partial charge in [0.05, 0.1) is 17.8 Å². The Labute approximate surface area is 116 Å². The minimum absolute atomic E-state index is 0.0452. The number of rotatable bonds is 1. The molecule has 0 radical (unpaired) electrons. The van der Waals surface area contributed by atoms with Crippen molar-refractivity contribution in [2.24, 2.45) is 0 Å². The molecule has 0 spiro atoms. The normalized spacial score (nSPS) is 13.9. The molecule has 3 rings (SSSR count). The summed E-state index contributed by atoms with van der Waals surface area (Å²) in [7, 11) is 0. The first-order valence-corrected chi connectivity index (χ1v) is 6.58. The van der Waals surface area contributed by atoms with Gasteiger partial charge in [0, 0.05) is 18.5 Å². The van der Waals surface area contributed by atoms with E-state index in [1.54, 1.807) is 24.0 Å². The van der Waals surface area contributed by atoms with Gasteiger partial charge in [-0.15, -0.1) is 0 Å². The molecule has 1 aliphatic rings. The van der Waals surface area contributed by atoms with Crippen molar-refractivity contribution < 1.29 is 4.79 Å². The zero-order valence-electron chi connectivity index (χ0n) is 11.2. The third kappa shape index (κ3) is 2.22. The number of nitrogens with zero attached hydrogens (tertiary/aromatic N) is 2. The van der Waals surface area contributed by atoms with Gasteiger partial charge in [-0.05, 0) is 19.1 Å². The molecular formula is C15H15N3O2. The van der Waals surface area contributed by atoms with Gasteiger partial charge in [0.1, 0.15) is 5.82 Å². The predicted octanol–water partition coefficient (Wildman–Crippen LogP) is 1.28. The quantitative estimate of drug-likeness (QED) is 0.848. The Hall–Kier alpha value is -2.43. The van der Waals surface area contributed by atoms with Crippen LogP contribution in [0.2, 0.25) is 0 Å². The monoisotopic (exact) mass is 269 g/mol. The van der Waals surface area contributed by atoms with E-state index >= 15 is 0 Å². The standard InChI is InChI=1S/C15H15N3O2/c1-10-16-13-7-8-18(9-12(13)14(19)17-10)15(20)11-5-3-2-4-6-11/h2-6H,7-9H2,1H3,(H,16,17,19). The zero-order valence-corrected chi connectivity index (χ0v) is 11.2. The van der Waals surface area contributed by atoms with Gasteiger partial charge in [0.15, 0.2) is 0 Å². The lowest BCUT2D eigenvalue weighted by atomic mass is 10.1. The van der Waals surface area contributed by atoms with Gasteiger partial charge in [-0.2, -0.15) is 0 Å². The third-order valence-corrected chi connectivity index (χ3v) is 3.49. The Morgan fingerprint density at radius 2 is 2.05 bits per heavy atom. The van der Waals surface area contributed by atoms with Crippen LogP contribution in [0.3, 0.4) is 0 Å². The minimum atomic E-state index is -0.141. The van der Waals surface area contributed by atoms with E-state index in [2.05, 4.69) is 9.97 Å². The maximum atomic E-state index is 12.4. The lowest BCUT2D eigenvalue weighted by molar-refractivity contribution is 0.0732. The van der Waals surface area contributed by atoms with E-state index < -0.39 is 0 Å². The molecule has 0 aliphatic carbocycles. The lowest BCUT2D eigenvalue weighted by Crippen LogP contribution is -2.39. The smallest absolute Gasteiger partial charge is 0.256 e. The van der Waals surface area contributed by atoms with Crippen LogP contribution in [0.4, 0.5) is 0 Å². The number of aromatic amines is 1. The predicted molar refractivity (Wildman–Crippen MR) is 74.5 cm³/mol. The lowest BCUT2D eigenvalue weighted by Gasteiger charge is -2.27. The fourth-order valence-electron chi connectivity index (χ4n) is 2.49. The van der Waals surface area contributed by atoms with E-state index in [4.69, 9.17) is 0 Å². The number of aromatic nitrogens is 2. The largest absolute Gasteiger partial charge is 0.334 e. The molecule has 1 aliphatic heterocycles. The van der Waals surface area contributed by atoms with Crippen LogP contribution in [0, 0.1) is 6.92 Å². The fourth-order valence-corrected chi connectivity index (χ4v) is 2.49. The highest BCUT2D eigenvalue weighted by atomic mass is 16.2. The summed E-state index contributed by atoms with van der Waals surface area (Å²) in [4.78, 5) is 33.1. The molecular weight excluding hydrogens is 254 g/mol. The molecule has 0 fully saturated rings. The molecule has 5 heteroatoms. The summed E-state index contributed by atoms with van der Waals surface area (Å²) in [6, 6.07) is 9.12. The van der Waals surface area contributed by atoms with Crippen LogP contribution in [-0.4, -0.2) is 27.3 Å². The number of aryl methyl sites for hydroxylation is 1. The van der Waals surface area contributed by atoms with Crippen molar-refractivity contribution in [2.45, 2.75) is 19.9 Å². The summed E-state index contributed by atoms with van der Waals surface area (Å²) in [5.41, 5.74) is 1.92. The highest BCUT2D eigenvalue weighted by Gasteiger charge is 2.24. The molecule has 5 nitrogen and oxygen atoms in total. The Kier molecular flexibility index (Phi) is 3.10. The number of fused-ring (bicyclic) bond motifs is 1. The SMILES string of the molecule is Cc1nc2c(c(=O)[nH]1)CN(C(=O)c1ccccc1)CC2. The van der Waals surface area contributed by atoms with Gasteiger partial charge < -0.3 is 9.88 Å². The molecule has 0 unspecified atom stereocenters. The van der Waals surface area contributed by atoms with Crippen molar-refractivity contribution in [3.05, 3.63) is 63.3 Å². The molecule has 1 aromatic carbocycles. The number of hydrogen-bond acceptors (Lipinski definition) is 3. The summed E-state index contributed by atoms with van der Waals surface area (Å²) in [6.45, 7) is 2.69. The van der Waals surface area contributed by atoms with E-state index in [9.17, 15) is 9.59 Å². The highest BCUT2D eigenvalue weighted by Crippen LogP contribution is 2.16. The maximum Gasteiger partial charge on any atom is 0.256 e. The van der Waals surface area contributed by atoms with Crippen LogP contribution in [0.5, 0.6) is 0 Å². The second kappa shape index (κ2) is 4.92. The van der Waals surface area contributed by atoms with Gasteiger partial charge in [-0.1, -0.05) is 18.2 Å². The molecule has 0 saturated carbocycles. The molecule has 0 bridgehead atoms. The van der Waals surface area contributed by atoms with Crippen molar-refractivity contribution in [2.75, 3.05) is 6.54 Å². The number of nitrogens with one attached hydrogen (secondary N) is 1. The van der Waals surface area contributed by atoms with Crippen LogP contribution >= 0.6 is 0 Å². The number of amides is 1. The van der Waals surface area contributed by atoms with Crippen molar-refractivity contribution in [1.82, 2.24) is 14.9 Å². The fraction of sp³-hybridized carbons (Fsp3) is 0.267. The molecule has 102 valence electrons. The Morgan fingerprint density at radius 1 is 1.30 bits per heavy atom. The number of H-pyrrole nitrogens is 1. The Bertz CT molecular complexity index is 707. The first kappa shape index (κ1) is 12.6. The molecule has 20 heavy (non-hydrogen) atoms. The summed E-state index contributed by atoms with van der Waals surface area (Å²) in [5.74, 6) is 0.577. The third-order valence-electron chi connectivity index (χ3n) is 3.49. The Balaban J connectivity index is 1.89. The minimum Gasteiger partial charge on any atom is -0.334 e. The van der Waals surface area contributed by atoms with Crippen LogP contribution in [0.25, 0.3) is 0 Å². The van der Waals surface area contributed by atoms with Gasteiger partial charge in [-0.3, -0.25) is 9.59 Å². The van der Waals surface area contributed by atoms with E-state index in [0.29, 0.717) is 36.5 Å². The molecule has 1 aromatic heterocycles. The average molecular weight is 269 g/mol. The van der Waals surface area contributed by atoms with Crippen LogP contribution in [-0.2, 0) is 13.0 Å². The number of hydrogen-bond donors (Lipinski definition) is 1. The number of benzene rings is 1. The van der Waals surface area contributed by atoms with Crippen LogP contribution in [0.1, 0.15) is 27.4 Å². The van der Waals surface area contributed by atoms with Gasteiger partial charge in [0.25, 0.3) is 11.5 Å². The molecule has 0 saturated heterocycles. The molecule has 1 amide bonds. The van der Waals surface area contributed by atoms with E-state index in [1.807, 2.05) is 18.2 Å². The first-order valence-electron chi connectivity index (χ1n) is 6.58. The van der Waals surface area contributed by atoms with E-state index in [0.717, 1.165) is 5.69 Å². The number of carbonyl (C=O) groups is 1. The van der Waals surface area contributed by atoms with Gasteiger partial charge >= 0.3 is 0 Å². The van der Waals surface area contributed by atoms with Crippen molar-refractivity contribution in [1.29, 1.82) is 0 Å². The first-order chi connectivity index (χ1) is 9.65. The average Bonchev–Trinajstić information content (AvgIpc) is 2.47. The second-order valence-electron chi connectivity index (χ2n) is 4.92. The zero-order chi connectivity index (χ0) is 14.1. The highest BCUT2D eigenvalue weighted by molar-refractivity contribution is 5.94. The molecule has 2 aromatic rings.